The number of thioether (sulfide) groups is 1. The van der Waals surface area contributed by atoms with Gasteiger partial charge >= 0.3 is 0 Å². The maximum Gasteiger partial charge on any atom is 0.282 e. The first-order valence-corrected chi connectivity index (χ1v) is 10.4. The van der Waals surface area contributed by atoms with Gasteiger partial charge in [-0.15, -0.1) is 11.3 Å². The topological polar surface area (TPSA) is 115 Å². The van der Waals surface area contributed by atoms with Gasteiger partial charge in [-0.05, 0) is 75.3 Å². The standard InChI is InChI=1S/C11H14N2.C7H10N2O2S2/c12-11-7-3-1-5-9(7)13-10-6-2-4-8(10)11;1-7(2,11)5-9-4(3-12-5)13-6(8)10/h1-6H2,(H2,12,13);3,11H,1-2H3,(H2,8,10). The van der Waals surface area contributed by atoms with Crippen LogP contribution >= 0.6 is 23.1 Å². The largest absolute Gasteiger partial charge is 0.398 e. The monoisotopic (exact) mass is 392 g/mol. The Morgan fingerprint density at radius 2 is 1.73 bits per heavy atom. The van der Waals surface area contributed by atoms with Crippen LogP contribution in [0, 0.1) is 0 Å². The number of rotatable bonds is 2. The number of primary amides is 1. The van der Waals surface area contributed by atoms with Crippen molar-refractivity contribution in [3.8, 4) is 0 Å². The Hall–Kier alpha value is -1.64. The molecule has 26 heavy (non-hydrogen) atoms. The van der Waals surface area contributed by atoms with E-state index < -0.39 is 10.8 Å². The van der Waals surface area contributed by atoms with E-state index in [-0.39, 0.29) is 0 Å². The molecule has 0 aromatic carbocycles. The molecule has 0 atom stereocenters. The predicted molar refractivity (Wildman–Crippen MR) is 105 cm³/mol. The average Bonchev–Trinajstić information content (AvgIpc) is 3.25. The summed E-state index contributed by atoms with van der Waals surface area (Å²) in [6.45, 7) is 3.29. The first kappa shape index (κ1) is 19.1. The fourth-order valence-corrected chi connectivity index (χ4v) is 4.76. The number of nitrogens with zero attached hydrogens (tertiary/aromatic N) is 2. The zero-order valence-corrected chi connectivity index (χ0v) is 16.7. The third kappa shape index (κ3) is 4.19. The minimum Gasteiger partial charge on any atom is -0.398 e. The van der Waals surface area contributed by atoms with Crippen molar-refractivity contribution in [1.82, 2.24) is 9.97 Å². The number of aliphatic hydroxyl groups is 1. The number of amides is 1. The van der Waals surface area contributed by atoms with E-state index in [4.69, 9.17) is 16.5 Å². The molecule has 140 valence electrons. The number of carbonyl (C=O) groups is 1. The summed E-state index contributed by atoms with van der Waals surface area (Å²) in [6.07, 6.45) is 7.09. The van der Waals surface area contributed by atoms with Gasteiger partial charge in [0.15, 0.2) is 0 Å². The SMILES string of the molecule is CC(C)(O)c1nc(SC(N)=O)cs1.Nc1c2c(nc3c1CCC3)CCC2. The van der Waals surface area contributed by atoms with Crippen LogP contribution in [0.5, 0.6) is 0 Å². The molecule has 0 aliphatic heterocycles. The summed E-state index contributed by atoms with van der Waals surface area (Å²) in [6, 6.07) is 0. The molecule has 0 fully saturated rings. The van der Waals surface area contributed by atoms with Crippen molar-refractivity contribution in [2.45, 2.75) is 63.0 Å². The van der Waals surface area contributed by atoms with Crippen LogP contribution in [0.25, 0.3) is 0 Å². The Bertz CT molecular complexity index is 795. The summed E-state index contributed by atoms with van der Waals surface area (Å²) >= 11 is 2.17. The molecule has 2 heterocycles. The molecule has 0 bridgehead atoms. The molecular weight excluding hydrogens is 368 g/mol. The van der Waals surface area contributed by atoms with Gasteiger partial charge in [-0.3, -0.25) is 9.78 Å². The molecule has 2 aliphatic rings. The zero-order chi connectivity index (χ0) is 18.9. The van der Waals surface area contributed by atoms with Crippen molar-refractivity contribution in [2.75, 3.05) is 5.73 Å². The number of aromatic nitrogens is 2. The fourth-order valence-electron chi connectivity index (χ4n) is 3.32. The second kappa shape index (κ2) is 7.54. The normalized spacial score (nSPS) is 15.2. The number of hydrogen-bond acceptors (Lipinski definition) is 7. The van der Waals surface area contributed by atoms with Crippen LogP contribution in [0.3, 0.4) is 0 Å². The van der Waals surface area contributed by atoms with E-state index in [9.17, 15) is 9.90 Å². The van der Waals surface area contributed by atoms with E-state index in [2.05, 4.69) is 4.98 Å². The third-order valence-electron chi connectivity index (χ3n) is 4.51. The molecular formula is C18H24N4O2S2. The highest BCUT2D eigenvalue weighted by molar-refractivity contribution is 8.13. The number of nitrogen functional groups attached to an aromatic ring is 1. The van der Waals surface area contributed by atoms with Gasteiger partial charge in [0.05, 0.1) is 0 Å². The maximum absolute atomic E-state index is 10.5. The number of carbonyl (C=O) groups excluding carboxylic acids is 1. The summed E-state index contributed by atoms with van der Waals surface area (Å²) in [5.74, 6) is 0. The van der Waals surface area contributed by atoms with Gasteiger partial charge < -0.3 is 16.6 Å². The van der Waals surface area contributed by atoms with Gasteiger partial charge in [0.1, 0.15) is 15.6 Å². The van der Waals surface area contributed by atoms with Crippen LogP contribution in [0.2, 0.25) is 0 Å². The molecule has 4 rings (SSSR count). The van der Waals surface area contributed by atoms with Crippen molar-refractivity contribution in [3.63, 3.8) is 0 Å². The number of anilines is 1. The van der Waals surface area contributed by atoms with Crippen molar-refractivity contribution < 1.29 is 9.90 Å². The van der Waals surface area contributed by atoms with Crippen LogP contribution in [0.15, 0.2) is 10.4 Å². The first-order chi connectivity index (χ1) is 12.3. The molecule has 8 heteroatoms. The summed E-state index contributed by atoms with van der Waals surface area (Å²) in [5, 5.41) is 11.9. The minimum absolute atomic E-state index is 0.493. The second-order valence-electron chi connectivity index (χ2n) is 7.05. The number of aryl methyl sites for hydroxylation is 2. The molecule has 1 amide bonds. The van der Waals surface area contributed by atoms with Crippen LogP contribution in [-0.2, 0) is 31.3 Å². The van der Waals surface area contributed by atoms with E-state index in [1.54, 1.807) is 19.2 Å². The molecule has 0 spiro atoms. The third-order valence-corrected chi connectivity index (χ3v) is 6.43. The van der Waals surface area contributed by atoms with Crippen LogP contribution in [0.1, 0.15) is 54.2 Å². The van der Waals surface area contributed by atoms with Gasteiger partial charge in [-0.25, -0.2) is 4.98 Å². The molecule has 2 aromatic heterocycles. The number of nitrogens with two attached hydrogens (primary N) is 2. The van der Waals surface area contributed by atoms with E-state index in [0.29, 0.717) is 10.0 Å². The lowest BCUT2D eigenvalue weighted by Gasteiger charge is -2.12. The van der Waals surface area contributed by atoms with Crippen molar-refractivity contribution in [2.24, 2.45) is 5.73 Å². The lowest BCUT2D eigenvalue weighted by molar-refractivity contribution is 0.0778. The van der Waals surface area contributed by atoms with E-state index in [1.165, 1.54) is 46.7 Å². The quantitative estimate of drug-likeness (QED) is 0.676. The lowest BCUT2D eigenvalue weighted by Crippen LogP contribution is -2.14. The van der Waals surface area contributed by atoms with Crippen molar-refractivity contribution in [3.05, 3.63) is 32.9 Å². The lowest BCUT2D eigenvalue weighted by atomic mass is 10.1. The van der Waals surface area contributed by atoms with Crippen LogP contribution < -0.4 is 11.5 Å². The molecule has 0 saturated heterocycles. The van der Waals surface area contributed by atoms with E-state index >= 15 is 0 Å². The molecule has 2 aliphatic carbocycles. The number of pyridine rings is 1. The highest BCUT2D eigenvalue weighted by Crippen LogP contribution is 2.34. The molecule has 6 nitrogen and oxygen atoms in total. The van der Waals surface area contributed by atoms with Crippen LogP contribution in [0.4, 0.5) is 10.5 Å². The molecule has 5 N–H and O–H groups in total. The zero-order valence-electron chi connectivity index (χ0n) is 15.0. The maximum atomic E-state index is 10.5. The average molecular weight is 393 g/mol. The number of hydrogen-bond donors (Lipinski definition) is 3. The molecule has 0 radical (unpaired) electrons. The molecule has 0 saturated carbocycles. The van der Waals surface area contributed by atoms with E-state index in [0.717, 1.165) is 43.1 Å². The highest BCUT2D eigenvalue weighted by Gasteiger charge is 2.23. The molecule has 2 aromatic rings. The van der Waals surface area contributed by atoms with Crippen molar-refractivity contribution in [1.29, 1.82) is 0 Å². The van der Waals surface area contributed by atoms with Crippen molar-refractivity contribution >= 4 is 34.0 Å². The minimum atomic E-state index is -0.957. The van der Waals surface area contributed by atoms with Crippen LogP contribution in [-0.4, -0.2) is 20.3 Å². The second-order valence-corrected chi connectivity index (χ2v) is 8.94. The number of thiazole rings is 1. The Balaban J connectivity index is 0.000000151. The fraction of sp³-hybridized carbons (Fsp3) is 0.500. The Kier molecular flexibility index (Phi) is 5.55. The number of fused-ring (bicyclic) bond motifs is 2. The first-order valence-electron chi connectivity index (χ1n) is 8.70. The van der Waals surface area contributed by atoms with E-state index in [1.807, 2.05) is 0 Å². The summed E-state index contributed by atoms with van der Waals surface area (Å²) in [5.41, 5.74) is 16.5. The Morgan fingerprint density at radius 3 is 2.19 bits per heavy atom. The summed E-state index contributed by atoms with van der Waals surface area (Å²) in [4.78, 5) is 19.3. The summed E-state index contributed by atoms with van der Waals surface area (Å²) in [7, 11) is 0. The Morgan fingerprint density at radius 1 is 1.15 bits per heavy atom. The Labute approximate surface area is 161 Å². The molecule has 0 unspecified atom stereocenters. The smallest absolute Gasteiger partial charge is 0.282 e. The predicted octanol–water partition coefficient (Wildman–Crippen LogP) is 3.18. The van der Waals surface area contributed by atoms with Gasteiger partial charge in [-0.1, -0.05) is 0 Å². The van der Waals surface area contributed by atoms with Gasteiger partial charge in [-0.2, -0.15) is 0 Å². The highest BCUT2D eigenvalue weighted by atomic mass is 32.2. The van der Waals surface area contributed by atoms with Gasteiger partial charge in [0.25, 0.3) is 5.24 Å². The van der Waals surface area contributed by atoms with Gasteiger partial charge in [0, 0.05) is 22.5 Å². The summed E-state index contributed by atoms with van der Waals surface area (Å²) < 4.78 is 0. The van der Waals surface area contributed by atoms with Gasteiger partial charge in [0.2, 0.25) is 0 Å².